The summed E-state index contributed by atoms with van der Waals surface area (Å²) in [5.41, 5.74) is 2.46. The number of aryl methyl sites for hydroxylation is 2. The summed E-state index contributed by atoms with van der Waals surface area (Å²) in [6.45, 7) is 10.9. The summed E-state index contributed by atoms with van der Waals surface area (Å²) in [4.78, 5) is 27.6. The standard InChI is InChI=1S/C22H29N3O5/c1-13(20-14(2)23-24(7)15(20)3)21(27)25(11-19(26)30-22(4,5)6)16-8-9-17-18(10-16)29-12-28-17/h8-10,13H,11-12H2,1-7H3. The van der Waals surface area contributed by atoms with Crippen LogP contribution in [0.3, 0.4) is 0 Å². The number of hydrogen-bond acceptors (Lipinski definition) is 6. The van der Waals surface area contributed by atoms with Crippen LogP contribution in [0.5, 0.6) is 11.5 Å². The lowest BCUT2D eigenvalue weighted by atomic mass is 9.97. The summed E-state index contributed by atoms with van der Waals surface area (Å²) in [6, 6.07) is 5.18. The molecule has 0 fully saturated rings. The summed E-state index contributed by atoms with van der Waals surface area (Å²) in [6.07, 6.45) is 0. The molecule has 0 radical (unpaired) electrons. The molecule has 0 saturated heterocycles. The van der Waals surface area contributed by atoms with Gasteiger partial charge in [-0.25, -0.2) is 0 Å². The Hall–Kier alpha value is -3.03. The molecule has 1 aliphatic heterocycles. The van der Waals surface area contributed by atoms with Crippen LogP contribution in [-0.4, -0.2) is 40.6 Å². The number of amides is 1. The van der Waals surface area contributed by atoms with Crippen molar-refractivity contribution in [3.8, 4) is 11.5 Å². The van der Waals surface area contributed by atoms with Gasteiger partial charge in [-0.15, -0.1) is 0 Å². The van der Waals surface area contributed by atoms with Crippen LogP contribution < -0.4 is 14.4 Å². The molecule has 0 bridgehead atoms. The maximum atomic E-state index is 13.6. The number of rotatable bonds is 5. The van der Waals surface area contributed by atoms with Gasteiger partial charge in [0.1, 0.15) is 12.1 Å². The molecule has 1 aliphatic rings. The zero-order chi connectivity index (χ0) is 22.2. The zero-order valence-electron chi connectivity index (χ0n) is 18.6. The fourth-order valence-corrected chi connectivity index (χ4v) is 3.63. The van der Waals surface area contributed by atoms with Crippen molar-refractivity contribution in [2.45, 2.75) is 53.1 Å². The third-order valence-corrected chi connectivity index (χ3v) is 5.01. The second-order valence-corrected chi connectivity index (χ2v) is 8.48. The molecule has 3 rings (SSSR count). The van der Waals surface area contributed by atoms with Gasteiger partial charge < -0.3 is 19.1 Å². The van der Waals surface area contributed by atoms with E-state index in [1.54, 1.807) is 43.7 Å². The molecule has 0 spiro atoms. The van der Waals surface area contributed by atoms with Crippen LogP contribution in [0.15, 0.2) is 18.2 Å². The number of benzene rings is 1. The Morgan fingerprint density at radius 1 is 1.23 bits per heavy atom. The van der Waals surface area contributed by atoms with E-state index < -0.39 is 17.5 Å². The number of nitrogens with zero attached hydrogens (tertiary/aromatic N) is 3. The molecule has 2 aromatic rings. The largest absolute Gasteiger partial charge is 0.459 e. The molecule has 0 N–H and O–H groups in total. The summed E-state index contributed by atoms with van der Waals surface area (Å²) < 4.78 is 18.0. The number of hydrogen-bond donors (Lipinski definition) is 0. The molecule has 2 heterocycles. The Balaban J connectivity index is 1.95. The molecule has 162 valence electrons. The summed E-state index contributed by atoms with van der Waals surface area (Å²) in [5, 5.41) is 4.42. The van der Waals surface area contributed by atoms with E-state index in [1.807, 2.05) is 27.8 Å². The second-order valence-electron chi connectivity index (χ2n) is 8.48. The molecule has 1 aromatic carbocycles. The average Bonchev–Trinajstić information content (AvgIpc) is 3.20. The first-order chi connectivity index (χ1) is 14.0. The summed E-state index contributed by atoms with van der Waals surface area (Å²) in [5.74, 6) is -0.0582. The monoisotopic (exact) mass is 415 g/mol. The van der Waals surface area contributed by atoms with Gasteiger partial charge in [0.05, 0.1) is 11.6 Å². The molecule has 0 aliphatic carbocycles. The van der Waals surface area contributed by atoms with Crippen molar-refractivity contribution in [2.75, 3.05) is 18.2 Å². The third-order valence-electron chi connectivity index (χ3n) is 5.01. The molecule has 8 heteroatoms. The predicted octanol–water partition coefficient (Wildman–Crippen LogP) is 3.24. The Morgan fingerprint density at radius 3 is 2.50 bits per heavy atom. The van der Waals surface area contributed by atoms with Crippen molar-refractivity contribution in [3.63, 3.8) is 0 Å². The minimum absolute atomic E-state index is 0.128. The number of esters is 1. The number of fused-ring (bicyclic) bond motifs is 1. The van der Waals surface area contributed by atoms with E-state index in [-0.39, 0.29) is 19.2 Å². The van der Waals surface area contributed by atoms with Crippen molar-refractivity contribution in [2.24, 2.45) is 7.05 Å². The molecule has 1 aromatic heterocycles. The average molecular weight is 415 g/mol. The van der Waals surface area contributed by atoms with Crippen molar-refractivity contribution in [1.29, 1.82) is 0 Å². The van der Waals surface area contributed by atoms with Gasteiger partial charge >= 0.3 is 5.97 Å². The van der Waals surface area contributed by atoms with E-state index in [9.17, 15) is 9.59 Å². The van der Waals surface area contributed by atoms with Crippen molar-refractivity contribution in [3.05, 3.63) is 35.2 Å². The Bertz CT molecular complexity index is 974. The lowest BCUT2D eigenvalue weighted by molar-refractivity contribution is -0.153. The fraction of sp³-hybridized carbons (Fsp3) is 0.500. The molecule has 30 heavy (non-hydrogen) atoms. The molecular weight excluding hydrogens is 386 g/mol. The van der Waals surface area contributed by atoms with Crippen LogP contribution in [0.2, 0.25) is 0 Å². The van der Waals surface area contributed by atoms with Gasteiger partial charge in [-0.05, 0) is 53.7 Å². The summed E-state index contributed by atoms with van der Waals surface area (Å²) >= 11 is 0. The molecule has 0 saturated carbocycles. The first-order valence-electron chi connectivity index (χ1n) is 9.91. The van der Waals surface area contributed by atoms with E-state index in [0.29, 0.717) is 17.2 Å². The minimum Gasteiger partial charge on any atom is -0.459 e. The second kappa shape index (κ2) is 8.01. The zero-order valence-corrected chi connectivity index (χ0v) is 18.6. The Labute approximate surface area is 176 Å². The van der Waals surface area contributed by atoms with E-state index in [1.165, 1.54) is 4.90 Å². The van der Waals surface area contributed by atoms with Gasteiger partial charge in [-0.2, -0.15) is 5.10 Å². The van der Waals surface area contributed by atoms with Crippen LogP contribution in [0.25, 0.3) is 0 Å². The summed E-state index contributed by atoms with van der Waals surface area (Å²) in [7, 11) is 1.85. The molecule has 1 amide bonds. The highest BCUT2D eigenvalue weighted by molar-refractivity contribution is 6.01. The first-order valence-corrected chi connectivity index (χ1v) is 9.91. The van der Waals surface area contributed by atoms with Crippen molar-refractivity contribution >= 4 is 17.6 Å². The van der Waals surface area contributed by atoms with Gasteiger partial charge in [-0.3, -0.25) is 14.3 Å². The van der Waals surface area contributed by atoms with Crippen LogP contribution in [-0.2, 0) is 21.4 Å². The minimum atomic E-state index is -0.650. The van der Waals surface area contributed by atoms with E-state index in [4.69, 9.17) is 14.2 Å². The maximum Gasteiger partial charge on any atom is 0.326 e. The quantitative estimate of drug-likeness (QED) is 0.697. The van der Waals surface area contributed by atoms with E-state index >= 15 is 0 Å². The van der Waals surface area contributed by atoms with E-state index in [2.05, 4.69) is 5.10 Å². The topological polar surface area (TPSA) is 82.9 Å². The van der Waals surface area contributed by atoms with E-state index in [0.717, 1.165) is 17.0 Å². The van der Waals surface area contributed by atoms with Gasteiger partial charge in [0.25, 0.3) is 0 Å². The number of ether oxygens (including phenoxy) is 3. The molecule has 1 atom stereocenters. The predicted molar refractivity (Wildman–Crippen MR) is 112 cm³/mol. The van der Waals surface area contributed by atoms with Crippen LogP contribution in [0.1, 0.15) is 50.6 Å². The number of carbonyl (C=O) groups excluding carboxylic acids is 2. The number of anilines is 1. The lowest BCUT2D eigenvalue weighted by Crippen LogP contribution is -2.41. The Morgan fingerprint density at radius 2 is 1.90 bits per heavy atom. The van der Waals surface area contributed by atoms with Crippen LogP contribution in [0.4, 0.5) is 5.69 Å². The number of aromatic nitrogens is 2. The molecular formula is C22H29N3O5. The normalized spacial score (nSPS) is 13.8. The maximum absolute atomic E-state index is 13.6. The highest BCUT2D eigenvalue weighted by Crippen LogP contribution is 2.36. The van der Waals surface area contributed by atoms with Crippen molar-refractivity contribution < 1.29 is 23.8 Å². The van der Waals surface area contributed by atoms with Gasteiger partial charge in [0.2, 0.25) is 12.7 Å². The fourth-order valence-electron chi connectivity index (χ4n) is 3.63. The van der Waals surface area contributed by atoms with Gasteiger partial charge in [0.15, 0.2) is 11.5 Å². The lowest BCUT2D eigenvalue weighted by Gasteiger charge is -2.27. The highest BCUT2D eigenvalue weighted by atomic mass is 16.7. The smallest absolute Gasteiger partial charge is 0.326 e. The van der Waals surface area contributed by atoms with Crippen LogP contribution in [0, 0.1) is 13.8 Å². The van der Waals surface area contributed by atoms with Gasteiger partial charge in [0, 0.05) is 30.1 Å². The Kier molecular flexibility index (Phi) is 5.78. The molecule has 1 unspecified atom stereocenters. The van der Waals surface area contributed by atoms with Gasteiger partial charge in [-0.1, -0.05) is 0 Å². The number of carbonyl (C=O) groups is 2. The SMILES string of the molecule is Cc1nn(C)c(C)c1C(C)C(=O)N(CC(=O)OC(C)(C)C)c1ccc2c(c1)OCO2. The highest BCUT2D eigenvalue weighted by Gasteiger charge is 2.31. The first kappa shape index (κ1) is 21.7. The molecule has 8 nitrogen and oxygen atoms in total. The van der Waals surface area contributed by atoms with Crippen LogP contribution >= 0.6 is 0 Å². The third kappa shape index (κ3) is 4.42. The van der Waals surface area contributed by atoms with Crippen molar-refractivity contribution in [1.82, 2.24) is 9.78 Å².